The fraction of sp³-hybridized carbons (Fsp3) is 0.160. The van der Waals surface area contributed by atoms with Gasteiger partial charge in [-0.15, -0.1) is 0 Å². The number of para-hydroxylation sites is 1. The molecule has 29 heavy (non-hydrogen) atoms. The number of nitrogens with two attached hydrogens (primary N) is 1. The fourth-order valence-electron chi connectivity index (χ4n) is 3.43. The largest absolute Gasteiger partial charge is 0.493 e. The average Bonchev–Trinajstić information content (AvgIpc) is 2.75. The highest BCUT2D eigenvalue weighted by Gasteiger charge is 2.09. The zero-order chi connectivity index (χ0) is 20.1. The van der Waals surface area contributed by atoms with Crippen LogP contribution in [0.15, 0.2) is 84.9 Å². The van der Waals surface area contributed by atoms with Crippen LogP contribution in [0.5, 0.6) is 5.75 Å². The maximum absolute atomic E-state index is 6.40. The molecule has 0 amide bonds. The number of rotatable bonds is 7. The molecule has 1 aromatic heterocycles. The Hall–Kier alpha value is -3.37. The second-order valence-corrected chi connectivity index (χ2v) is 7.00. The minimum absolute atomic E-state index is 0.0326. The van der Waals surface area contributed by atoms with E-state index in [4.69, 9.17) is 15.5 Å². The van der Waals surface area contributed by atoms with Gasteiger partial charge in [0.1, 0.15) is 11.6 Å². The Labute approximate surface area is 171 Å². The number of aromatic nitrogens is 1. The normalized spacial score (nSPS) is 11.9. The molecule has 146 valence electrons. The van der Waals surface area contributed by atoms with Gasteiger partial charge in [-0.2, -0.15) is 0 Å². The van der Waals surface area contributed by atoms with Crippen molar-refractivity contribution in [3.63, 3.8) is 0 Å². The number of hydrogen-bond acceptors (Lipinski definition) is 4. The van der Waals surface area contributed by atoms with Crippen molar-refractivity contribution in [1.82, 2.24) is 4.98 Å². The molecule has 0 fully saturated rings. The number of pyridine rings is 1. The van der Waals surface area contributed by atoms with Crippen LogP contribution < -0.4 is 15.8 Å². The van der Waals surface area contributed by atoms with Crippen LogP contribution in [0.25, 0.3) is 10.9 Å². The summed E-state index contributed by atoms with van der Waals surface area (Å²) < 4.78 is 5.81. The van der Waals surface area contributed by atoms with Crippen molar-refractivity contribution in [3.8, 4) is 5.75 Å². The van der Waals surface area contributed by atoms with Crippen LogP contribution in [-0.2, 0) is 6.42 Å². The average molecular weight is 383 g/mol. The summed E-state index contributed by atoms with van der Waals surface area (Å²) in [5.41, 5.74) is 10.6. The Morgan fingerprint density at radius 3 is 2.41 bits per heavy atom. The van der Waals surface area contributed by atoms with Gasteiger partial charge in [0.2, 0.25) is 0 Å². The lowest BCUT2D eigenvalue weighted by Gasteiger charge is -2.14. The summed E-state index contributed by atoms with van der Waals surface area (Å²) >= 11 is 0. The molecule has 0 saturated heterocycles. The van der Waals surface area contributed by atoms with E-state index in [-0.39, 0.29) is 6.04 Å². The van der Waals surface area contributed by atoms with Gasteiger partial charge in [0.25, 0.3) is 0 Å². The second-order valence-electron chi connectivity index (χ2n) is 7.00. The molecule has 0 aliphatic heterocycles. The summed E-state index contributed by atoms with van der Waals surface area (Å²) in [6.07, 6.45) is 0.817. The van der Waals surface area contributed by atoms with Crippen LogP contribution >= 0.6 is 0 Å². The van der Waals surface area contributed by atoms with E-state index >= 15 is 0 Å². The van der Waals surface area contributed by atoms with Crippen LogP contribution in [0, 0.1) is 0 Å². The Morgan fingerprint density at radius 1 is 0.931 bits per heavy atom. The number of nitrogens with zero attached hydrogens (tertiary/aromatic N) is 1. The molecule has 1 heterocycles. The molecule has 3 N–H and O–H groups in total. The Morgan fingerprint density at radius 2 is 1.66 bits per heavy atom. The lowest BCUT2D eigenvalue weighted by atomic mass is 9.99. The lowest BCUT2D eigenvalue weighted by Crippen LogP contribution is -2.13. The first-order chi connectivity index (χ1) is 14.2. The highest BCUT2D eigenvalue weighted by Crippen LogP contribution is 2.29. The van der Waals surface area contributed by atoms with Gasteiger partial charge >= 0.3 is 0 Å². The van der Waals surface area contributed by atoms with Gasteiger partial charge in [0.05, 0.1) is 12.1 Å². The van der Waals surface area contributed by atoms with Gasteiger partial charge in [-0.25, -0.2) is 4.98 Å². The molecule has 4 heteroatoms. The SMILES string of the molecule is CCOc1cc(Nc2ccc(C(N)Cc3ccccc3)cc2)nc2ccccc12. The smallest absolute Gasteiger partial charge is 0.134 e. The van der Waals surface area contributed by atoms with Crippen molar-refractivity contribution in [2.45, 2.75) is 19.4 Å². The van der Waals surface area contributed by atoms with Gasteiger partial charge < -0.3 is 15.8 Å². The minimum Gasteiger partial charge on any atom is -0.493 e. The molecule has 3 aromatic carbocycles. The van der Waals surface area contributed by atoms with E-state index < -0.39 is 0 Å². The standard InChI is InChI=1S/C25H25N3O/c1-2-29-24-17-25(28-23-11-7-6-10-21(23)24)27-20-14-12-19(13-15-20)22(26)16-18-8-4-3-5-9-18/h3-15,17,22H,2,16,26H2,1H3,(H,27,28). The van der Waals surface area contributed by atoms with E-state index in [2.05, 4.69) is 29.6 Å². The van der Waals surface area contributed by atoms with Crippen molar-refractivity contribution >= 4 is 22.4 Å². The molecular formula is C25H25N3O. The van der Waals surface area contributed by atoms with E-state index in [1.807, 2.05) is 67.6 Å². The van der Waals surface area contributed by atoms with Crippen molar-refractivity contribution in [2.75, 3.05) is 11.9 Å². The van der Waals surface area contributed by atoms with Crippen LogP contribution in [0.1, 0.15) is 24.1 Å². The van der Waals surface area contributed by atoms with Crippen LogP contribution in [0.3, 0.4) is 0 Å². The van der Waals surface area contributed by atoms with E-state index in [9.17, 15) is 0 Å². The summed E-state index contributed by atoms with van der Waals surface area (Å²) in [4.78, 5) is 4.71. The second kappa shape index (κ2) is 8.76. The van der Waals surface area contributed by atoms with Crippen molar-refractivity contribution in [2.24, 2.45) is 5.73 Å². The van der Waals surface area contributed by atoms with Gasteiger partial charge in [-0.1, -0.05) is 54.6 Å². The predicted molar refractivity (Wildman–Crippen MR) is 120 cm³/mol. The maximum atomic E-state index is 6.40. The molecular weight excluding hydrogens is 358 g/mol. The zero-order valence-corrected chi connectivity index (χ0v) is 16.5. The summed E-state index contributed by atoms with van der Waals surface area (Å²) in [5.74, 6) is 1.59. The van der Waals surface area contributed by atoms with E-state index in [1.54, 1.807) is 0 Å². The van der Waals surface area contributed by atoms with Crippen molar-refractivity contribution in [3.05, 3.63) is 96.1 Å². The lowest BCUT2D eigenvalue weighted by molar-refractivity contribution is 0.344. The fourth-order valence-corrected chi connectivity index (χ4v) is 3.43. The number of benzene rings is 3. The van der Waals surface area contributed by atoms with Crippen LogP contribution in [0.2, 0.25) is 0 Å². The van der Waals surface area contributed by atoms with Gasteiger partial charge in [0.15, 0.2) is 0 Å². The van der Waals surface area contributed by atoms with Gasteiger partial charge in [0, 0.05) is 23.2 Å². The molecule has 4 nitrogen and oxygen atoms in total. The third-order valence-corrected chi connectivity index (χ3v) is 4.89. The first kappa shape index (κ1) is 19.0. The molecule has 0 saturated carbocycles. The van der Waals surface area contributed by atoms with Crippen molar-refractivity contribution in [1.29, 1.82) is 0 Å². The molecule has 0 radical (unpaired) electrons. The minimum atomic E-state index is -0.0326. The van der Waals surface area contributed by atoms with Gasteiger partial charge in [-0.05, 0) is 48.7 Å². The first-order valence-electron chi connectivity index (χ1n) is 9.92. The number of hydrogen-bond donors (Lipinski definition) is 2. The quantitative estimate of drug-likeness (QED) is 0.435. The Bertz CT molecular complexity index is 1080. The topological polar surface area (TPSA) is 60.2 Å². The molecule has 0 aliphatic carbocycles. The molecule has 4 aromatic rings. The molecule has 0 aliphatic rings. The number of nitrogens with one attached hydrogen (secondary N) is 1. The first-order valence-corrected chi connectivity index (χ1v) is 9.92. The van der Waals surface area contributed by atoms with Gasteiger partial charge in [-0.3, -0.25) is 0 Å². The summed E-state index contributed by atoms with van der Waals surface area (Å²) in [5, 5.41) is 4.39. The van der Waals surface area contributed by atoms with Crippen LogP contribution in [-0.4, -0.2) is 11.6 Å². The molecule has 1 unspecified atom stereocenters. The Kier molecular flexibility index (Phi) is 5.73. The third-order valence-electron chi connectivity index (χ3n) is 4.89. The number of anilines is 2. The molecule has 0 spiro atoms. The molecule has 0 bridgehead atoms. The van der Waals surface area contributed by atoms with E-state index in [0.29, 0.717) is 6.61 Å². The highest BCUT2D eigenvalue weighted by atomic mass is 16.5. The summed E-state index contributed by atoms with van der Waals surface area (Å²) in [6, 6.07) is 28.5. The summed E-state index contributed by atoms with van der Waals surface area (Å²) in [6.45, 7) is 2.60. The third kappa shape index (κ3) is 4.55. The zero-order valence-electron chi connectivity index (χ0n) is 16.5. The number of fused-ring (bicyclic) bond motifs is 1. The monoisotopic (exact) mass is 383 g/mol. The van der Waals surface area contributed by atoms with Crippen molar-refractivity contribution < 1.29 is 4.74 Å². The van der Waals surface area contributed by atoms with Crippen LogP contribution in [0.4, 0.5) is 11.5 Å². The maximum Gasteiger partial charge on any atom is 0.134 e. The molecule has 4 rings (SSSR count). The summed E-state index contributed by atoms with van der Waals surface area (Å²) in [7, 11) is 0. The number of ether oxygens (including phenoxy) is 1. The van der Waals surface area contributed by atoms with E-state index in [0.717, 1.165) is 40.1 Å². The highest BCUT2D eigenvalue weighted by molar-refractivity contribution is 5.87. The predicted octanol–water partition coefficient (Wildman–Crippen LogP) is 5.62. The Balaban J connectivity index is 1.51. The van der Waals surface area contributed by atoms with E-state index in [1.165, 1.54) is 5.56 Å². The molecule has 1 atom stereocenters.